The van der Waals surface area contributed by atoms with Gasteiger partial charge < -0.3 is 25.0 Å². The average molecular weight is 433 g/mol. The first-order valence-corrected chi connectivity index (χ1v) is 10.0. The number of halogens is 1. The molecular formula is C20H25ClN6O3. The van der Waals surface area contributed by atoms with Gasteiger partial charge in [0.2, 0.25) is 5.95 Å². The molecular weight excluding hydrogens is 408 g/mol. The number of imidazole rings is 1. The number of aliphatic hydroxyl groups excluding tert-OH is 2. The molecule has 30 heavy (non-hydrogen) atoms. The van der Waals surface area contributed by atoms with Crippen LogP contribution in [0.3, 0.4) is 0 Å². The molecule has 0 aliphatic rings. The summed E-state index contributed by atoms with van der Waals surface area (Å²) < 4.78 is 1.70. The van der Waals surface area contributed by atoms with Gasteiger partial charge in [0.15, 0.2) is 22.8 Å². The Balaban J connectivity index is 2.04. The second-order valence-electron chi connectivity index (χ2n) is 6.90. The van der Waals surface area contributed by atoms with Gasteiger partial charge in [-0.05, 0) is 31.5 Å². The lowest BCUT2D eigenvalue weighted by molar-refractivity contribution is -0.119. The van der Waals surface area contributed by atoms with Gasteiger partial charge in [-0.1, -0.05) is 23.7 Å². The Morgan fingerprint density at radius 2 is 1.87 bits per heavy atom. The van der Waals surface area contributed by atoms with Crippen LogP contribution < -0.4 is 10.2 Å². The topological polar surface area (TPSA) is 116 Å². The van der Waals surface area contributed by atoms with E-state index in [0.29, 0.717) is 34.5 Å². The van der Waals surface area contributed by atoms with Crippen LogP contribution in [0.15, 0.2) is 30.6 Å². The summed E-state index contributed by atoms with van der Waals surface area (Å²) in [4.78, 5) is 27.2. The lowest BCUT2D eigenvalue weighted by Crippen LogP contribution is -2.31. The predicted octanol–water partition coefficient (Wildman–Crippen LogP) is 2.03. The standard InChI is InChI=1S/C20H25ClN6O3/c1-13(14(2)30)27-12-23-17-18(22-11-15-3-5-16(21)6-4-15)24-20(25-19(17)27)26(7-9-28)8-10-29/h3-6,12-13,28-29H,7-11H2,1-2H3,(H,22,24,25). The highest BCUT2D eigenvalue weighted by molar-refractivity contribution is 6.30. The highest BCUT2D eigenvalue weighted by atomic mass is 35.5. The first-order chi connectivity index (χ1) is 14.4. The van der Waals surface area contributed by atoms with Crippen molar-refractivity contribution in [1.29, 1.82) is 0 Å². The van der Waals surface area contributed by atoms with E-state index >= 15 is 0 Å². The number of anilines is 2. The van der Waals surface area contributed by atoms with Gasteiger partial charge in [-0.25, -0.2) is 4.98 Å². The molecule has 2 aromatic heterocycles. The quantitative estimate of drug-likeness (QED) is 0.445. The fourth-order valence-corrected chi connectivity index (χ4v) is 3.12. The summed E-state index contributed by atoms with van der Waals surface area (Å²) in [5, 5.41) is 22.7. The second kappa shape index (κ2) is 9.84. The number of ketones is 1. The Bertz CT molecular complexity index is 1000. The van der Waals surface area contributed by atoms with E-state index in [1.165, 1.54) is 6.92 Å². The molecule has 160 valence electrons. The third-order valence-corrected chi connectivity index (χ3v) is 5.06. The fourth-order valence-electron chi connectivity index (χ4n) is 2.99. The number of Topliss-reactive ketones (excluding diaryl/α,β-unsaturated/α-hetero) is 1. The number of hydrogen-bond donors (Lipinski definition) is 3. The SMILES string of the molecule is CC(=O)C(C)n1cnc2c(NCc3ccc(Cl)cc3)nc(N(CCO)CCO)nc21. The van der Waals surface area contributed by atoms with Crippen LogP contribution in [-0.2, 0) is 11.3 Å². The number of nitrogens with zero attached hydrogens (tertiary/aromatic N) is 5. The molecule has 0 aliphatic carbocycles. The highest BCUT2D eigenvalue weighted by Crippen LogP contribution is 2.25. The highest BCUT2D eigenvalue weighted by Gasteiger charge is 2.20. The van der Waals surface area contributed by atoms with Crippen molar-refractivity contribution >= 4 is 40.3 Å². The minimum atomic E-state index is -0.439. The smallest absolute Gasteiger partial charge is 0.229 e. The Hall–Kier alpha value is -2.75. The van der Waals surface area contributed by atoms with Crippen molar-refractivity contribution in [2.45, 2.75) is 26.4 Å². The van der Waals surface area contributed by atoms with E-state index in [0.717, 1.165) is 5.56 Å². The number of aliphatic hydroxyl groups is 2. The Morgan fingerprint density at radius 1 is 1.20 bits per heavy atom. The number of rotatable bonds is 10. The van der Waals surface area contributed by atoms with Gasteiger partial charge in [0.05, 0.1) is 25.6 Å². The number of carbonyl (C=O) groups is 1. The zero-order valence-corrected chi connectivity index (χ0v) is 17.7. The summed E-state index contributed by atoms with van der Waals surface area (Å²) in [6, 6.07) is 7.01. The van der Waals surface area contributed by atoms with E-state index in [2.05, 4.69) is 20.3 Å². The second-order valence-corrected chi connectivity index (χ2v) is 7.33. The molecule has 0 spiro atoms. The molecule has 0 bridgehead atoms. The molecule has 2 heterocycles. The summed E-state index contributed by atoms with van der Waals surface area (Å²) in [5.41, 5.74) is 2.04. The van der Waals surface area contributed by atoms with E-state index in [1.807, 2.05) is 24.3 Å². The van der Waals surface area contributed by atoms with Crippen molar-refractivity contribution in [3.05, 3.63) is 41.2 Å². The number of carbonyl (C=O) groups excluding carboxylic acids is 1. The maximum atomic E-state index is 11.9. The molecule has 0 amide bonds. The Kier molecular flexibility index (Phi) is 7.20. The van der Waals surface area contributed by atoms with Crippen LogP contribution in [-0.4, -0.2) is 61.8 Å². The molecule has 10 heteroatoms. The number of nitrogens with one attached hydrogen (secondary N) is 1. The number of benzene rings is 1. The molecule has 0 saturated heterocycles. The molecule has 1 atom stereocenters. The minimum Gasteiger partial charge on any atom is -0.395 e. The first-order valence-electron chi connectivity index (χ1n) is 9.64. The van der Waals surface area contributed by atoms with Gasteiger partial charge in [0, 0.05) is 24.7 Å². The van der Waals surface area contributed by atoms with Gasteiger partial charge >= 0.3 is 0 Å². The fraction of sp³-hybridized carbons (Fsp3) is 0.400. The van der Waals surface area contributed by atoms with Gasteiger partial charge in [-0.2, -0.15) is 9.97 Å². The van der Waals surface area contributed by atoms with Crippen LogP contribution in [0.2, 0.25) is 5.02 Å². The molecule has 1 aromatic carbocycles. The average Bonchev–Trinajstić information content (AvgIpc) is 3.16. The van der Waals surface area contributed by atoms with Crippen molar-refractivity contribution in [1.82, 2.24) is 19.5 Å². The maximum absolute atomic E-state index is 11.9. The van der Waals surface area contributed by atoms with Crippen molar-refractivity contribution in [3.8, 4) is 0 Å². The largest absolute Gasteiger partial charge is 0.395 e. The lowest BCUT2D eigenvalue weighted by Gasteiger charge is -2.22. The van der Waals surface area contributed by atoms with Crippen LogP contribution in [0.25, 0.3) is 11.2 Å². The Labute approximate surface area is 179 Å². The van der Waals surface area contributed by atoms with Crippen LogP contribution in [0.4, 0.5) is 11.8 Å². The third kappa shape index (κ3) is 4.86. The molecule has 3 aromatic rings. The molecule has 3 N–H and O–H groups in total. The van der Waals surface area contributed by atoms with E-state index in [1.54, 1.807) is 22.7 Å². The zero-order chi connectivity index (χ0) is 21.7. The number of hydrogen-bond acceptors (Lipinski definition) is 8. The van der Waals surface area contributed by atoms with Crippen LogP contribution in [0.1, 0.15) is 25.5 Å². The number of fused-ring (bicyclic) bond motifs is 1. The zero-order valence-electron chi connectivity index (χ0n) is 16.9. The van der Waals surface area contributed by atoms with E-state index in [-0.39, 0.29) is 32.1 Å². The lowest BCUT2D eigenvalue weighted by atomic mass is 10.2. The van der Waals surface area contributed by atoms with E-state index in [4.69, 9.17) is 11.6 Å². The van der Waals surface area contributed by atoms with Crippen molar-refractivity contribution in [3.63, 3.8) is 0 Å². The van der Waals surface area contributed by atoms with Gasteiger partial charge in [0.1, 0.15) is 0 Å². The maximum Gasteiger partial charge on any atom is 0.229 e. The summed E-state index contributed by atoms with van der Waals surface area (Å²) in [5.74, 6) is 0.815. The minimum absolute atomic E-state index is 0.0206. The normalized spacial score (nSPS) is 12.2. The van der Waals surface area contributed by atoms with Crippen LogP contribution in [0.5, 0.6) is 0 Å². The molecule has 1 unspecified atom stereocenters. The predicted molar refractivity (Wildman–Crippen MR) is 116 cm³/mol. The molecule has 0 aliphatic heterocycles. The molecule has 3 rings (SSSR count). The summed E-state index contributed by atoms with van der Waals surface area (Å²) in [6.07, 6.45) is 1.57. The third-order valence-electron chi connectivity index (χ3n) is 4.81. The molecule has 0 saturated carbocycles. The Morgan fingerprint density at radius 3 is 2.47 bits per heavy atom. The summed E-state index contributed by atoms with van der Waals surface area (Å²) >= 11 is 5.95. The van der Waals surface area contributed by atoms with Crippen LogP contribution >= 0.6 is 11.6 Å². The van der Waals surface area contributed by atoms with E-state index in [9.17, 15) is 15.0 Å². The van der Waals surface area contributed by atoms with Crippen molar-refractivity contribution in [2.75, 3.05) is 36.5 Å². The van der Waals surface area contributed by atoms with Gasteiger partial charge in [-0.15, -0.1) is 0 Å². The number of aromatic nitrogens is 4. The van der Waals surface area contributed by atoms with Crippen LogP contribution in [0, 0.1) is 0 Å². The van der Waals surface area contributed by atoms with Gasteiger partial charge in [-0.3, -0.25) is 4.79 Å². The summed E-state index contributed by atoms with van der Waals surface area (Å²) in [7, 11) is 0. The molecule has 9 nitrogen and oxygen atoms in total. The molecule has 0 radical (unpaired) electrons. The van der Waals surface area contributed by atoms with Crippen molar-refractivity contribution in [2.24, 2.45) is 0 Å². The van der Waals surface area contributed by atoms with Gasteiger partial charge in [0.25, 0.3) is 0 Å². The first kappa shape index (κ1) is 21.9. The van der Waals surface area contributed by atoms with E-state index < -0.39 is 6.04 Å². The molecule has 0 fully saturated rings. The van der Waals surface area contributed by atoms with Crippen molar-refractivity contribution < 1.29 is 15.0 Å². The summed E-state index contributed by atoms with van der Waals surface area (Å²) in [6.45, 7) is 4.08. The monoisotopic (exact) mass is 432 g/mol.